The zero-order chi connectivity index (χ0) is 20.6. The number of nitrogens with zero attached hydrogens (tertiary/aromatic N) is 1. The highest BCUT2D eigenvalue weighted by Crippen LogP contribution is 2.34. The van der Waals surface area contributed by atoms with Crippen LogP contribution in [0.3, 0.4) is 0 Å². The van der Waals surface area contributed by atoms with Crippen LogP contribution in [0.15, 0.2) is 28.2 Å². The summed E-state index contributed by atoms with van der Waals surface area (Å²) in [6, 6.07) is 1.95. The van der Waals surface area contributed by atoms with Crippen molar-refractivity contribution < 1.29 is 27.5 Å². The zero-order valence-corrected chi connectivity index (χ0v) is 16.8. The van der Waals surface area contributed by atoms with E-state index in [9.17, 15) is 18.0 Å². The summed E-state index contributed by atoms with van der Waals surface area (Å²) < 4.78 is 34.3. The van der Waals surface area contributed by atoms with Gasteiger partial charge in [0.2, 0.25) is 10.0 Å². The zero-order valence-electron chi connectivity index (χ0n) is 15.9. The molecule has 0 radical (unpaired) electrons. The Bertz CT molecular complexity index is 970. The van der Waals surface area contributed by atoms with Crippen molar-refractivity contribution in [2.45, 2.75) is 37.6 Å². The second-order valence-corrected chi connectivity index (χ2v) is 8.35. The first kappa shape index (κ1) is 20.2. The van der Waals surface area contributed by atoms with Crippen LogP contribution >= 0.6 is 0 Å². The summed E-state index contributed by atoms with van der Waals surface area (Å²) in [4.78, 5) is 25.9. The van der Waals surface area contributed by atoms with E-state index in [1.54, 1.807) is 0 Å². The molecule has 0 saturated heterocycles. The molecule has 10 heteroatoms. The molecule has 0 aliphatic carbocycles. The van der Waals surface area contributed by atoms with Crippen molar-refractivity contribution in [3.8, 4) is 11.5 Å². The maximum absolute atomic E-state index is 12.5. The fourth-order valence-corrected chi connectivity index (χ4v) is 4.22. The molecule has 0 aromatic heterocycles. The Labute approximate surface area is 163 Å². The van der Waals surface area contributed by atoms with Crippen molar-refractivity contribution in [1.82, 2.24) is 10.2 Å². The molecule has 0 saturated carbocycles. The number of nitrogens with one attached hydrogen (secondary N) is 1. The largest absolute Gasteiger partial charge is 0.495 e. The summed E-state index contributed by atoms with van der Waals surface area (Å²) in [5.74, 6) is 0.286. The highest BCUT2D eigenvalue weighted by molar-refractivity contribution is 7.89. The Balaban J connectivity index is 1.75. The third kappa shape index (κ3) is 3.69. The number of ether oxygens (including phenoxy) is 2. The van der Waals surface area contributed by atoms with Crippen molar-refractivity contribution in [3.63, 3.8) is 0 Å². The molecule has 1 aromatic rings. The number of nitrogens with two attached hydrogens (primary N) is 1. The topological polar surface area (TPSA) is 128 Å². The van der Waals surface area contributed by atoms with Crippen LogP contribution in [-0.4, -0.2) is 51.6 Å². The van der Waals surface area contributed by atoms with E-state index in [2.05, 4.69) is 5.32 Å². The van der Waals surface area contributed by atoms with Crippen LogP contribution in [-0.2, 0) is 21.2 Å². The minimum atomic E-state index is -3.98. The summed E-state index contributed by atoms with van der Waals surface area (Å²) in [6.07, 6.45) is 0.912. The Morgan fingerprint density at radius 3 is 2.71 bits per heavy atom. The first-order chi connectivity index (χ1) is 13.2. The van der Waals surface area contributed by atoms with Gasteiger partial charge in [-0.3, -0.25) is 9.69 Å². The smallest absolute Gasteiger partial charge is 0.325 e. The van der Waals surface area contributed by atoms with Gasteiger partial charge in [-0.05, 0) is 37.0 Å². The minimum absolute atomic E-state index is 0.0973. The van der Waals surface area contributed by atoms with Crippen molar-refractivity contribution in [2.75, 3.05) is 20.3 Å². The van der Waals surface area contributed by atoms with E-state index in [0.29, 0.717) is 29.7 Å². The predicted molar refractivity (Wildman–Crippen MR) is 101 cm³/mol. The lowest BCUT2D eigenvalue weighted by Gasteiger charge is -2.28. The molecule has 2 aliphatic heterocycles. The molecule has 1 atom stereocenters. The molecule has 1 unspecified atom stereocenters. The number of amides is 3. The highest BCUT2D eigenvalue weighted by Gasteiger charge is 2.33. The molecule has 0 bridgehead atoms. The van der Waals surface area contributed by atoms with Crippen molar-refractivity contribution in [1.29, 1.82) is 0 Å². The van der Waals surface area contributed by atoms with Crippen LogP contribution in [0.1, 0.15) is 25.8 Å². The fraction of sp³-hybridized carbons (Fsp3) is 0.444. The molecule has 3 amide bonds. The molecule has 152 valence electrons. The number of benzene rings is 1. The van der Waals surface area contributed by atoms with Crippen molar-refractivity contribution in [2.24, 2.45) is 5.14 Å². The van der Waals surface area contributed by atoms with Gasteiger partial charge in [-0.15, -0.1) is 0 Å². The number of carbonyl (C=O) groups is 2. The molecule has 9 nitrogen and oxygen atoms in total. The quantitative estimate of drug-likeness (QED) is 0.761. The SMILES string of the molecule is CCC1=C(C)CN(C(=O)NC2COc3cc(OC)c(S(N)(=O)=O)cc3C2)C1=O. The van der Waals surface area contributed by atoms with Crippen LogP contribution in [0, 0.1) is 0 Å². The summed E-state index contributed by atoms with van der Waals surface area (Å²) in [5, 5.41) is 8.04. The molecule has 0 spiro atoms. The Hall–Kier alpha value is -2.59. The molecule has 28 heavy (non-hydrogen) atoms. The van der Waals surface area contributed by atoms with E-state index in [-0.39, 0.29) is 29.7 Å². The lowest BCUT2D eigenvalue weighted by Crippen LogP contribution is -2.49. The van der Waals surface area contributed by atoms with Gasteiger partial charge in [0.1, 0.15) is 23.0 Å². The van der Waals surface area contributed by atoms with Gasteiger partial charge in [0, 0.05) is 11.6 Å². The number of hydrogen-bond donors (Lipinski definition) is 2. The summed E-state index contributed by atoms with van der Waals surface area (Å²) in [6.45, 7) is 4.17. The van der Waals surface area contributed by atoms with Gasteiger partial charge in [0.25, 0.3) is 5.91 Å². The maximum Gasteiger partial charge on any atom is 0.325 e. The van der Waals surface area contributed by atoms with Crippen LogP contribution in [0.2, 0.25) is 0 Å². The van der Waals surface area contributed by atoms with Gasteiger partial charge in [-0.2, -0.15) is 0 Å². The number of methoxy groups -OCH3 is 1. The van der Waals surface area contributed by atoms with E-state index in [4.69, 9.17) is 14.6 Å². The summed E-state index contributed by atoms with van der Waals surface area (Å²) in [5.41, 5.74) is 2.13. The average molecular weight is 409 g/mol. The molecule has 3 N–H and O–H groups in total. The van der Waals surface area contributed by atoms with E-state index in [0.717, 1.165) is 5.57 Å². The second kappa shape index (κ2) is 7.44. The number of sulfonamides is 1. The molecular formula is C18H23N3O6S. The van der Waals surface area contributed by atoms with Gasteiger partial charge in [0.05, 0.1) is 19.7 Å². The summed E-state index contributed by atoms with van der Waals surface area (Å²) >= 11 is 0. The summed E-state index contributed by atoms with van der Waals surface area (Å²) in [7, 11) is -2.64. The first-order valence-electron chi connectivity index (χ1n) is 8.83. The van der Waals surface area contributed by atoms with Gasteiger partial charge in [-0.1, -0.05) is 6.92 Å². The van der Waals surface area contributed by atoms with Crippen LogP contribution in [0.4, 0.5) is 4.79 Å². The van der Waals surface area contributed by atoms with Crippen LogP contribution < -0.4 is 19.9 Å². The molecule has 2 aliphatic rings. The number of hydrogen-bond acceptors (Lipinski definition) is 6. The molecule has 0 fully saturated rings. The number of imide groups is 1. The van der Waals surface area contributed by atoms with E-state index >= 15 is 0 Å². The van der Waals surface area contributed by atoms with Gasteiger partial charge < -0.3 is 14.8 Å². The molecule has 1 aromatic carbocycles. The van der Waals surface area contributed by atoms with Gasteiger partial charge in [0.15, 0.2) is 0 Å². The van der Waals surface area contributed by atoms with E-state index < -0.39 is 22.1 Å². The minimum Gasteiger partial charge on any atom is -0.495 e. The maximum atomic E-state index is 12.5. The lowest BCUT2D eigenvalue weighted by molar-refractivity contribution is -0.123. The fourth-order valence-electron chi connectivity index (χ4n) is 3.49. The van der Waals surface area contributed by atoms with Gasteiger partial charge >= 0.3 is 6.03 Å². The van der Waals surface area contributed by atoms with Crippen molar-refractivity contribution in [3.05, 3.63) is 28.8 Å². The number of primary sulfonamides is 1. The van der Waals surface area contributed by atoms with E-state index in [1.165, 1.54) is 24.1 Å². The van der Waals surface area contributed by atoms with E-state index in [1.807, 2.05) is 13.8 Å². The average Bonchev–Trinajstić information content (AvgIpc) is 2.93. The highest BCUT2D eigenvalue weighted by atomic mass is 32.2. The normalized spacial score (nSPS) is 19.4. The lowest BCUT2D eigenvalue weighted by atomic mass is 10.0. The van der Waals surface area contributed by atoms with Crippen LogP contribution in [0.5, 0.6) is 11.5 Å². The Kier molecular flexibility index (Phi) is 5.35. The number of urea groups is 1. The molecular weight excluding hydrogens is 386 g/mol. The number of fused-ring (bicyclic) bond motifs is 1. The third-order valence-electron chi connectivity index (χ3n) is 4.90. The third-order valence-corrected chi connectivity index (χ3v) is 5.83. The molecule has 2 heterocycles. The predicted octanol–water partition coefficient (Wildman–Crippen LogP) is 0.924. The Morgan fingerprint density at radius 1 is 1.43 bits per heavy atom. The standard InChI is InChI=1S/C18H23N3O6S/c1-4-13-10(2)8-21(17(13)22)18(23)20-12-5-11-6-16(28(19,24)25)15(26-3)7-14(11)27-9-12/h6-7,12H,4-5,8-9H2,1-3H3,(H,20,23)(H2,19,24,25). The number of carbonyl (C=O) groups excluding carboxylic acids is 2. The number of rotatable bonds is 4. The van der Waals surface area contributed by atoms with Gasteiger partial charge in [-0.25, -0.2) is 18.4 Å². The van der Waals surface area contributed by atoms with Crippen molar-refractivity contribution >= 4 is 22.0 Å². The van der Waals surface area contributed by atoms with Crippen LogP contribution in [0.25, 0.3) is 0 Å². The monoisotopic (exact) mass is 409 g/mol. The second-order valence-electron chi connectivity index (χ2n) is 6.82. The first-order valence-corrected chi connectivity index (χ1v) is 10.4. The Morgan fingerprint density at radius 2 is 2.14 bits per heavy atom. The molecule has 3 rings (SSSR count).